The summed E-state index contributed by atoms with van der Waals surface area (Å²) in [5, 5.41) is 2.91. The highest BCUT2D eigenvalue weighted by Gasteiger charge is 2.28. The molecule has 2 aliphatic heterocycles. The third-order valence-corrected chi connectivity index (χ3v) is 10.5. The predicted molar refractivity (Wildman–Crippen MR) is 161 cm³/mol. The number of rotatable bonds is 10. The molecule has 220 valence electrons. The lowest BCUT2D eigenvalue weighted by Crippen LogP contribution is -2.53. The highest BCUT2D eigenvalue weighted by molar-refractivity contribution is 7.89. The molecule has 0 aromatic heterocycles. The van der Waals surface area contributed by atoms with Crippen LogP contribution < -0.4 is 15.0 Å². The third kappa shape index (κ3) is 7.15. The fourth-order valence-electron chi connectivity index (χ4n) is 5.90. The summed E-state index contributed by atoms with van der Waals surface area (Å²) in [7, 11) is -0.677. The summed E-state index contributed by atoms with van der Waals surface area (Å²) >= 11 is 0. The lowest BCUT2D eigenvalue weighted by atomic mass is 10.0. The number of hydrogen-bond acceptors (Lipinski definition) is 7. The number of ether oxygens (including phenoxy) is 1. The molecule has 1 N–H and O–H groups in total. The summed E-state index contributed by atoms with van der Waals surface area (Å²) in [5.74, 6) is 0.396. The topological polar surface area (TPSA) is 85.4 Å². The smallest absolute Gasteiger partial charge is 0.243 e. The van der Waals surface area contributed by atoms with Gasteiger partial charge in [-0.25, -0.2) is 12.7 Å². The van der Waals surface area contributed by atoms with E-state index >= 15 is 0 Å². The van der Waals surface area contributed by atoms with Crippen molar-refractivity contribution in [2.75, 3.05) is 76.7 Å². The summed E-state index contributed by atoms with van der Waals surface area (Å²) in [4.78, 5) is 20.5. The van der Waals surface area contributed by atoms with Gasteiger partial charge in [0.15, 0.2) is 0 Å². The molecule has 0 atom stereocenters. The number of piperidine rings is 1. The van der Waals surface area contributed by atoms with Gasteiger partial charge >= 0.3 is 0 Å². The lowest BCUT2D eigenvalue weighted by molar-refractivity contribution is -0.116. The Labute approximate surface area is 240 Å². The van der Waals surface area contributed by atoms with Crippen LogP contribution in [-0.4, -0.2) is 101 Å². The number of methoxy groups -OCH3 is 1. The van der Waals surface area contributed by atoms with Crippen LogP contribution in [0.5, 0.6) is 5.75 Å². The number of benzene rings is 2. The minimum atomic E-state index is -3.74. The normalized spacial score (nSPS) is 17.8. The molecule has 2 aromatic carbocycles. The van der Waals surface area contributed by atoms with Crippen molar-refractivity contribution in [1.29, 1.82) is 0 Å². The highest BCUT2D eigenvalue weighted by Crippen LogP contribution is 2.28. The second-order valence-corrected chi connectivity index (χ2v) is 12.9. The molecule has 0 saturated carbocycles. The fourth-order valence-corrected chi connectivity index (χ4v) is 7.47. The Hall–Kier alpha value is -2.66. The number of hydrogen-bond donors (Lipinski definition) is 1. The summed E-state index contributed by atoms with van der Waals surface area (Å²) in [6.07, 6.45) is 2.60. The van der Waals surface area contributed by atoms with Crippen molar-refractivity contribution in [1.82, 2.24) is 14.1 Å². The van der Waals surface area contributed by atoms with Crippen molar-refractivity contribution < 1.29 is 17.9 Å². The molecule has 2 aromatic rings. The molecule has 40 heavy (non-hydrogen) atoms. The second-order valence-electron chi connectivity index (χ2n) is 11.0. The molecule has 0 unspecified atom stereocenters. The number of likely N-dealkylation sites (tertiary alicyclic amines) is 1. The maximum atomic E-state index is 13.2. The Bertz CT molecular complexity index is 1230. The van der Waals surface area contributed by atoms with Gasteiger partial charge in [-0.3, -0.25) is 9.69 Å². The first-order valence-electron chi connectivity index (χ1n) is 14.3. The van der Waals surface area contributed by atoms with Crippen LogP contribution in [-0.2, 0) is 14.8 Å². The third-order valence-electron chi connectivity index (χ3n) is 8.34. The van der Waals surface area contributed by atoms with E-state index in [1.165, 1.54) is 37.3 Å². The highest BCUT2D eigenvalue weighted by atomic mass is 32.2. The van der Waals surface area contributed by atoms with E-state index in [0.717, 1.165) is 38.4 Å². The molecular formula is C30H45N5O4S. The molecule has 2 heterocycles. The summed E-state index contributed by atoms with van der Waals surface area (Å²) in [6.45, 7) is 13.6. The van der Waals surface area contributed by atoms with Crippen molar-refractivity contribution >= 4 is 27.3 Å². The number of anilines is 2. The number of carbonyl (C=O) groups excluding carboxylic acids is 1. The summed E-state index contributed by atoms with van der Waals surface area (Å²) in [6, 6.07) is 12.1. The Morgan fingerprint density at radius 3 is 2.15 bits per heavy atom. The largest absolute Gasteiger partial charge is 0.497 e. The Balaban J connectivity index is 1.25. The van der Waals surface area contributed by atoms with Crippen LogP contribution in [0.25, 0.3) is 0 Å². The van der Waals surface area contributed by atoms with Crippen LogP contribution in [0.1, 0.15) is 37.3 Å². The minimum absolute atomic E-state index is 0.0604. The van der Waals surface area contributed by atoms with Gasteiger partial charge in [0.1, 0.15) is 5.75 Å². The van der Waals surface area contributed by atoms with Gasteiger partial charge in [0.2, 0.25) is 15.9 Å². The van der Waals surface area contributed by atoms with Crippen LogP contribution in [0.15, 0.2) is 41.3 Å². The van der Waals surface area contributed by atoms with Crippen molar-refractivity contribution in [3.8, 4) is 5.75 Å². The van der Waals surface area contributed by atoms with E-state index in [0.29, 0.717) is 28.6 Å². The average Bonchev–Trinajstić information content (AvgIpc) is 2.96. The van der Waals surface area contributed by atoms with Crippen molar-refractivity contribution in [3.63, 3.8) is 0 Å². The monoisotopic (exact) mass is 571 g/mol. The van der Waals surface area contributed by atoms with E-state index < -0.39 is 10.0 Å². The van der Waals surface area contributed by atoms with Crippen molar-refractivity contribution in [2.24, 2.45) is 0 Å². The Morgan fingerprint density at radius 2 is 1.60 bits per heavy atom. The van der Waals surface area contributed by atoms with E-state index in [-0.39, 0.29) is 23.8 Å². The Morgan fingerprint density at radius 1 is 1.00 bits per heavy atom. The van der Waals surface area contributed by atoms with E-state index in [9.17, 15) is 13.2 Å². The van der Waals surface area contributed by atoms with E-state index in [1.54, 1.807) is 33.1 Å². The fraction of sp³-hybridized carbons (Fsp3) is 0.567. The number of amides is 1. The number of nitrogens with zero attached hydrogens (tertiary/aromatic N) is 4. The molecule has 9 nitrogen and oxygen atoms in total. The zero-order valence-corrected chi connectivity index (χ0v) is 25.5. The molecule has 2 saturated heterocycles. The number of piperazine rings is 1. The van der Waals surface area contributed by atoms with Crippen LogP contribution in [0.2, 0.25) is 0 Å². The zero-order chi connectivity index (χ0) is 28.9. The molecular weight excluding hydrogens is 526 g/mol. The van der Waals surface area contributed by atoms with Gasteiger partial charge in [-0.15, -0.1) is 0 Å². The molecule has 2 aliphatic rings. The number of sulfonamides is 1. The van der Waals surface area contributed by atoms with Gasteiger partial charge < -0.3 is 19.9 Å². The quantitative estimate of drug-likeness (QED) is 0.467. The number of aryl methyl sites for hydroxylation is 2. The van der Waals surface area contributed by atoms with Gasteiger partial charge in [0.25, 0.3) is 0 Å². The van der Waals surface area contributed by atoms with Gasteiger partial charge in [-0.2, -0.15) is 0 Å². The zero-order valence-electron chi connectivity index (χ0n) is 24.6. The van der Waals surface area contributed by atoms with Crippen LogP contribution >= 0.6 is 0 Å². The molecule has 2 fully saturated rings. The molecule has 1 amide bonds. The first kappa shape index (κ1) is 30.3. The SMILES string of the molecule is CCN1CCC(N2CCN(c3ccc(NC(=O)CCN(C)S(=O)(=O)c4c(C)cc(OC)cc4C)cc3)CC2)CC1. The van der Waals surface area contributed by atoms with Crippen LogP contribution in [0.4, 0.5) is 11.4 Å². The van der Waals surface area contributed by atoms with Crippen molar-refractivity contribution in [2.45, 2.75) is 51.0 Å². The van der Waals surface area contributed by atoms with Crippen molar-refractivity contribution in [3.05, 3.63) is 47.5 Å². The predicted octanol–water partition coefficient (Wildman–Crippen LogP) is 3.57. The molecule has 0 spiro atoms. The Kier molecular flexibility index (Phi) is 10.1. The lowest BCUT2D eigenvalue weighted by Gasteiger charge is -2.43. The summed E-state index contributed by atoms with van der Waals surface area (Å²) < 4.78 is 32.9. The van der Waals surface area contributed by atoms with Gasteiger partial charge in [-0.1, -0.05) is 6.92 Å². The summed E-state index contributed by atoms with van der Waals surface area (Å²) in [5.41, 5.74) is 3.11. The first-order valence-corrected chi connectivity index (χ1v) is 15.8. The molecule has 0 radical (unpaired) electrons. The van der Waals surface area contributed by atoms with Gasteiger partial charge in [-0.05, 0) is 93.8 Å². The molecule has 0 aliphatic carbocycles. The standard InChI is InChI=1S/C30H45N5O4S/c1-6-33-15-11-27(12-16-33)35-19-17-34(18-20-35)26-9-7-25(8-10-26)31-29(36)13-14-32(4)40(37,38)30-23(2)21-28(39-5)22-24(30)3/h7-10,21-22,27H,6,11-20H2,1-5H3,(H,31,36). The first-order chi connectivity index (χ1) is 19.1. The second kappa shape index (κ2) is 13.3. The van der Waals surface area contributed by atoms with E-state index in [1.807, 2.05) is 12.1 Å². The minimum Gasteiger partial charge on any atom is -0.497 e. The number of carbonyl (C=O) groups is 1. The average molecular weight is 572 g/mol. The molecule has 10 heteroatoms. The van der Waals surface area contributed by atoms with Gasteiger partial charge in [0, 0.05) is 63.6 Å². The van der Waals surface area contributed by atoms with Crippen LogP contribution in [0, 0.1) is 13.8 Å². The maximum Gasteiger partial charge on any atom is 0.243 e. The number of nitrogens with one attached hydrogen (secondary N) is 1. The molecule has 0 bridgehead atoms. The van der Waals surface area contributed by atoms with E-state index in [4.69, 9.17) is 4.74 Å². The van der Waals surface area contributed by atoms with Crippen LogP contribution in [0.3, 0.4) is 0 Å². The maximum absolute atomic E-state index is 13.2. The molecule has 4 rings (SSSR count). The van der Waals surface area contributed by atoms with Gasteiger partial charge in [0.05, 0.1) is 12.0 Å². The van der Waals surface area contributed by atoms with E-state index in [2.05, 4.69) is 39.1 Å².